The fourth-order valence-electron chi connectivity index (χ4n) is 2.02. The van der Waals surface area contributed by atoms with Crippen molar-refractivity contribution in [2.45, 2.75) is 26.3 Å². The number of rotatable bonds is 6. The second kappa shape index (κ2) is 7.83. The maximum Gasteiger partial charge on any atom is 0.191 e. The average Bonchev–Trinajstić information content (AvgIpc) is 3.14. The van der Waals surface area contributed by atoms with Crippen molar-refractivity contribution in [2.75, 3.05) is 20.1 Å². The lowest BCUT2D eigenvalue weighted by Crippen LogP contribution is -2.40. The van der Waals surface area contributed by atoms with Gasteiger partial charge in [-0.15, -0.1) is 0 Å². The molecular weight excluding hydrogens is 282 g/mol. The molecule has 0 saturated heterocycles. The molecule has 2 aromatic heterocycles. The first-order valence-corrected chi connectivity index (χ1v) is 8.09. The molecule has 0 radical (unpaired) electrons. The summed E-state index contributed by atoms with van der Waals surface area (Å²) < 4.78 is 1.93. The van der Waals surface area contributed by atoms with Gasteiger partial charge in [0.2, 0.25) is 0 Å². The van der Waals surface area contributed by atoms with Gasteiger partial charge in [-0.25, -0.2) is 0 Å². The summed E-state index contributed by atoms with van der Waals surface area (Å²) in [5, 5.41) is 15.2. The molecule has 0 aliphatic rings. The molecule has 0 aliphatic carbocycles. The van der Waals surface area contributed by atoms with E-state index in [2.05, 4.69) is 44.5 Å². The number of hydrogen-bond donors (Lipinski definition) is 2. The first-order chi connectivity index (χ1) is 10.2. The molecular formula is C15H23N5S. The SMILES string of the molecule is CN=C(NCCn1cc(C)cn1)NCC(C)c1ccsc1. The Hall–Kier alpha value is -1.82. The van der Waals surface area contributed by atoms with E-state index in [1.165, 1.54) is 11.1 Å². The Morgan fingerprint density at radius 2 is 2.33 bits per heavy atom. The zero-order chi connectivity index (χ0) is 15.1. The van der Waals surface area contributed by atoms with E-state index < -0.39 is 0 Å². The van der Waals surface area contributed by atoms with Crippen LogP contribution in [-0.2, 0) is 6.54 Å². The molecule has 0 bridgehead atoms. The topological polar surface area (TPSA) is 54.2 Å². The molecule has 0 amide bonds. The predicted octanol–water partition coefficient (Wildman–Crippen LogP) is 2.22. The number of hydrogen-bond acceptors (Lipinski definition) is 3. The third kappa shape index (κ3) is 4.90. The van der Waals surface area contributed by atoms with E-state index in [1.807, 2.05) is 24.0 Å². The standard InChI is InChI=1S/C15H23N5S/c1-12-8-19-20(10-12)6-5-17-15(16-3)18-9-13(2)14-4-7-21-11-14/h4,7-8,10-11,13H,5-6,9H2,1-3H3,(H2,16,17,18). The lowest BCUT2D eigenvalue weighted by atomic mass is 10.1. The minimum absolute atomic E-state index is 0.476. The second-order valence-electron chi connectivity index (χ2n) is 5.12. The van der Waals surface area contributed by atoms with Gasteiger partial charge >= 0.3 is 0 Å². The highest BCUT2D eigenvalue weighted by Gasteiger charge is 2.06. The van der Waals surface area contributed by atoms with E-state index in [0.717, 1.165) is 25.6 Å². The van der Waals surface area contributed by atoms with Gasteiger partial charge < -0.3 is 10.6 Å². The van der Waals surface area contributed by atoms with Gasteiger partial charge in [-0.2, -0.15) is 16.4 Å². The molecule has 1 atom stereocenters. The van der Waals surface area contributed by atoms with E-state index >= 15 is 0 Å². The van der Waals surface area contributed by atoms with Gasteiger partial charge in [0.05, 0.1) is 12.7 Å². The molecule has 2 aromatic rings. The first kappa shape index (κ1) is 15.6. The van der Waals surface area contributed by atoms with Crippen LogP contribution in [0.15, 0.2) is 34.2 Å². The molecule has 2 N–H and O–H groups in total. The number of nitrogens with one attached hydrogen (secondary N) is 2. The number of thiophene rings is 1. The number of guanidine groups is 1. The Morgan fingerprint density at radius 1 is 1.48 bits per heavy atom. The van der Waals surface area contributed by atoms with Gasteiger partial charge in [0.15, 0.2) is 5.96 Å². The molecule has 5 nitrogen and oxygen atoms in total. The number of aryl methyl sites for hydroxylation is 1. The van der Waals surface area contributed by atoms with Gasteiger partial charge in [-0.3, -0.25) is 9.67 Å². The Labute approximate surface area is 130 Å². The molecule has 21 heavy (non-hydrogen) atoms. The lowest BCUT2D eigenvalue weighted by molar-refractivity contribution is 0.595. The van der Waals surface area contributed by atoms with Crippen LogP contribution < -0.4 is 10.6 Å². The largest absolute Gasteiger partial charge is 0.356 e. The molecule has 1 unspecified atom stereocenters. The first-order valence-electron chi connectivity index (χ1n) is 7.14. The highest BCUT2D eigenvalue weighted by Crippen LogP contribution is 2.16. The van der Waals surface area contributed by atoms with Crippen LogP contribution >= 0.6 is 11.3 Å². The number of aliphatic imine (C=N–C) groups is 1. The maximum atomic E-state index is 4.26. The van der Waals surface area contributed by atoms with E-state index in [1.54, 1.807) is 18.4 Å². The molecule has 0 fully saturated rings. The molecule has 2 rings (SSSR count). The van der Waals surface area contributed by atoms with Crippen LogP contribution in [0, 0.1) is 6.92 Å². The summed E-state index contributed by atoms with van der Waals surface area (Å²) in [5.41, 5.74) is 2.55. The molecule has 114 valence electrons. The summed E-state index contributed by atoms with van der Waals surface area (Å²) in [7, 11) is 1.79. The summed E-state index contributed by atoms with van der Waals surface area (Å²) in [5.74, 6) is 1.31. The normalized spacial score (nSPS) is 13.2. The zero-order valence-corrected chi connectivity index (χ0v) is 13.7. The Balaban J connectivity index is 1.71. The fourth-order valence-corrected chi connectivity index (χ4v) is 2.80. The van der Waals surface area contributed by atoms with E-state index in [0.29, 0.717) is 5.92 Å². The van der Waals surface area contributed by atoms with Crippen molar-refractivity contribution in [1.82, 2.24) is 20.4 Å². The monoisotopic (exact) mass is 305 g/mol. The summed E-state index contributed by atoms with van der Waals surface area (Å²) in [4.78, 5) is 4.25. The van der Waals surface area contributed by atoms with E-state index in [9.17, 15) is 0 Å². The van der Waals surface area contributed by atoms with Gasteiger partial charge in [0, 0.05) is 26.3 Å². The van der Waals surface area contributed by atoms with Gasteiger partial charge in [0.1, 0.15) is 0 Å². The molecule has 0 saturated carbocycles. The average molecular weight is 305 g/mol. The van der Waals surface area contributed by atoms with E-state index in [4.69, 9.17) is 0 Å². The Morgan fingerprint density at radius 3 is 2.95 bits per heavy atom. The van der Waals surface area contributed by atoms with Crippen LogP contribution in [0.3, 0.4) is 0 Å². The van der Waals surface area contributed by atoms with Crippen molar-refractivity contribution in [1.29, 1.82) is 0 Å². The van der Waals surface area contributed by atoms with Crippen molar-refractivity contribution in [3.63, 3.8) is 0 Å². The highest BCUT2D eigenvalue weighted by molar-refractivity contribution is 7.07. The van der Waals surface area contributed by atoms with Gasteiger partial charge in [-0.1, -0.05) is 6.92 Å². The van der Waals surface area contributed by atoms with Gasteiger partial charge in [-0.05, 0) is 40.8 Å². The van der Waals surface area contributed by atoms with Crippen LogP contribution in [0.5, 0.6) is 0 Å². The van der Waals surface area contributed by atoms with Crippen molar-refractivity contribution < 1.29 is 0 Å². The number of aromatic nitrogens is 2. The minimum atomic E-state index is 0.476. The molecule has 2 heterocycles. The van der Waals surface area contributed by atoms with Crippen molar-refractivity contribution in [3.8, 4) is 0 Å². The summed E-state index contributed by atoms with van der Waals surface area (Å²) in [6.07, 6.45) is 3.91. The Kier molecular flexibility index (Phi) is 5.80. The Bertz CT molecular complexity index is 558. The minimum Gasteiger partial charge on any atom is -0.356 e. The van der Waals surface area contributed by atoms with Crippen molar-refractivity contribution >= 4 is 17.3 Å². The molecule has 6 heteroatoms. The second-order valence-corrected chi connectivity index (χ2v) is 5.90. The summed E-state index contributed by atoms with van der Waals surface area (Å²) >= 11 is 1.74. The van der Waals surface area contributed by atoms with Crippen LogP contribution in [0.2, 0.25) is 0 Å². The molecule has 0 aliphatic heterocycles. The van der Waals surface area contributed by atoms with Crippen molar-refractivity contribution in [2.24, 2.45) is 4.99 Å². The zero-order valence-electron chi connectivity index (χ0n) is 12.8. The van der Waals surface area contributed by atoms with Crippen LogP contribution in [0.1, 0.15) is 24.0 Å². The van der Waals surface area contributed by atoms with Crippen LogP contribution in [-0.4, -0.2) is 35.9 Å². The van der Waals surface area contributed by atoms with E-state index in [-0.39, 0.29) is 0 Å². The third-order valence-electron chi connectivity index (χ3n) is 3.31. The maximum absolute atomic E-state index is 4.26. The number of nitrogens with zero attached hydrogens (tertiary/aromatic N) is 3. The highest BCUT2D eigenvalue weighted by atomic mass is 32.1. The smallest absolute Gasteiger partial charge is 0.191 e. The third-order valence-corrected chi connectivity index (χ3v) is 4.01. The molecule has 0 aromatic carbocycles. The van der Waals surface area contributed by atoms with Crippen molar-refractivity contribution in [3.05, 3.63) is 40.3 Å². The van der Waals surface area contributed by atoms with Gasteiger partial charge in [0.25, 0.3) is 0 Å². The van der Waals surface area contributed by atoms with Crippen LogP contribution in [0.25, 0.3) is 0 Å². The lowest BCUT2D eigenvalue weighted by Gasteiger charge is -2.15. The molecule has 0 spiro atoms. The van der Waals surface area contributed by atoms with Crippen LogP contribution in [0.4, 0.5) is 0 Å². The summed E-state index contributed by atoms with van der Waals surface area (Å²) in [6, 6.07) is 2.17. The summed E-state index contributed by atoms with van der Waals surface area (Å²) in [6.45, 7) is 6.76. The predicted molar refractivity (Wildman–Crippen MR) is 89.1 cm³/mol. The quantitative estimate of drug-likeness (QED) is 0.635. The fraction of sp³-hybridized carbons (Fsp3) is 0.467.